The third-order valence-electron chi connectivity index (χ3n) is 5.44. The summed E-state index contributed by atoms with van der Waals surface area (Å²) in [6.45, 7) is 7.06. The Balaban J connectivity index is 1.48. The van der Waals surface area contributed by atoms with Gasteiger partial charge in [-0.1, -0.05) is 50.3 Å². The van der Waals surface area contributed by atoms with Gasteiger partial charge in [0.15, 0.2) is 5.13 Å². The van der Waals surface area contributed by atoms with E-state index in [1.165, 1.54) is 17.7 Å². The first-order chi connectivity index (χ1) is 16.7. The molecule has 0 atom stereocenters. The number of benzene rings is 2. The van der Waals surface area contributed by atoms with Crippen molar-refractivity contribution in [2.45, 2.75) is 44.9 Å². The second kappa shape index (κ2) is 10.7. The normalized spacial score (nSPS) is 11.8. The lowest BCUT2D eigenvalue weighted by Gasteiger charge is -2.11. The molecule has 0 saturated carbocycles. The van der Waals surface area contributed by atoms with Crippen molar-refractivity contribution in [3.05, 3.63) is 65.4 Å². The molecule has 35 heavy (non-hydrogen) atoms. The van der Waals surface area contributed by atoms with Crippen molar-refractivity contribution in [3.63, 3.8) is 0 Å². The first kappa shape index (κ1) is 25.0. The molecule has 0 radical (unpaired) electrons. The van der Waals surface area contributed by atoms with Gasteiger partial charge in [-0.3, -0.25) is 0 Å². The highest BCUT2D eigenvalue weighted by Gasteiger charge is 2.11. The Hall–Kier alpha value is -3.08. The molecule has 10 heteroatoms. The van der Waals surface area contributed by atoms with Crippen molar-refractivity contribution >= 4 is 48.5 Å². The second-order valence-electron chi connectivity index (χ2n) is 8.83. The lowest BCUT2D eigenvalue weighted by molar-refractivity contribution is 0.598. The molecule has 8 nitrogen and oxygen atoms in total. The number of aryl methyl sites for hydroxylation is 1. The molecule has 0 aliphatic rings. The molecule has 2 aromatic carbocycles. The lowest BCUT2D eigenvalue weighted by Crippen LogP contribution is -2.13. The maximum Gasteiger partial charge on any atom is 0.238 e. The SMILES string of the molecule is CCc1ccc2nc(Nc3cc(CC(C)C)nc(NCCc4ccc(S(N)(=O)=O)cc4)n3)sc2c1. The molecular weight excluding hydrogens is 480 g/mol. The molecule has 2 heterocycles. The first-order valence-electron chi connectivity index (χ1n) is 11.6. The number of nitrogens with zero attached hydrogens (tertiary/aromatic N) is 3. The van der Waals surface area contributed by atoms with Crippen LogP contribution in [0.2, 0.25) is 0 Å². The number of fused-ring (bicyclic) bond motifs is 1. The number of hydrogen-bond acceptors (Lipinski definition) is 8. The van der Waals surface area contributed by atoms with E-state index >= 15 is 0 Å². The fourth-order valence-electron chi connectivity index (χ4n) is 3.68. The van der Waals surface area contributed by atoms with E-state index in [4.69, 9.17) is 10.1 Å². The third-order valence-corrected chi connectivity index (χ3v) is 7.30. The van der Waals surface area contributed by atoms with Crippen molar-refractivity contribution in [1.82, 2.24) is 15.0 Å². The molecule has 0 aliphatic heterocycles. The monoisotopic (exact) mass is 510 g/mol. The minimum absolute atomic E-state index is 0.107. The summed E-state index contributed by atoms with van der Waals surface area (Å²) in [7, 11) is -3.69. The zero-order chi connectivity index (χ0) is 25.0. The van der Waals surface area contributed by atoms with E-state index in [0.717, 1.165) is 39.4 Å². The highest BCUT2D eigenvalue weighted by molar-refractivity contribution is 7.89. The topological polar surface area (TPSA) is 123 Å². The van der Waals surface area contributed by atoms with Crippen LogP contribution in [0.1, 0.15) is 37.6 Å². The first-order valence-corrected chi connectivity index (χ1v) is 14.0. The summed E-state index contributed by atoms with van der Waals surface area (Å²) in [5.74, 6) is 1.70. The Morgan fingerprint density at radius 2 is 1.74 bits per heavy atom. The summed E-state index contributed by atoms with van der Waals surface area (Å²) in [4.78, 5) is 14.1. The standard InChI is InChI=1S/C25H30N6O2S2/c1-4-17-7-10-21-22(14-17)34-25(29-21)31-23-15-19(13-16(2)3)28-24(30-23)27-12-11-18-5-8-20(9-6-18)35(26,32)33/h5-10,14-16H,4,11-13H2,1-3H3,(H2,26,32,33)(H2,27,28,29,30,31). The lowest BCUT2D eigenvalue weighted by atomic mass is 10.1. The maximum atomic E-state index is 11.4. The summed E-state index contributed by atoms with van der Waals surface area (Å²) in [6.07, 6.45) is 2.51. The van der Waals surface area contributed by atoms with Crippen LogP contribution in [0, 0.1) is 5.92 Å². The summed E-state index contributed by atoms with van der Waals surface area (Å²) >= 11 is 1.61. The van der Waals surface area contributed by atoms with Gasteiger partial charge in [-0.2, -0.15) is 4.98 Å². The van der Waals surface area contributed by atoms with E-state index in [0.29, 0.717) is 30.6 Å². The van der Waals surface area contributed by atoms with Gasteiger partial charge in [0.25, 0.3) is 0 Å². The highest BCUT2D eigenvalue weighted by atomic mass is 32.2. The molecule has 4 rings (SSSR count). The van der Waals surface area contributed by atoms with Crippen LogP contribution in [0.25, 0.3) is 10.2 Å². The van der Waals surface area contributed by atoms with Crippen molar-refractivity contribution in [3.8, 4) is 0 Å². The zero-order valence-electron chi connectivity index (χ0n) is 20.1. The van der Waals surface area contributed by atoms with Crippen molar-refractivity contribution < 1.29 is 8.42 Å². The highest BCUT2D eigenvalue weighted by Crippen LogP contribution is 2.29. The van der Waals surface area contributed by atoms with Gasteiger partial charge < -0.3 is 10.6 Å². The van der Waals surface area contributed by atoms with Crippen LogP contribution in [0.5, 0.6) is 0 Å². The number of hydrogen-bond donors (Lipinski definition) is 3. The minimum Gasteiger partial charge on any atom is -0.354 e. The van der Waals surface area contributed by atoms with E-state index in [9.17, 15) is 8.42 Å². The van der Waals surface area contributed by atoms with Gasteiger partial charge in [0.05, 0.1) is 15.1 Å². The van der Waals surface area contributed by atoms with Gasteiger partial charge in [-0.25, -0.2) is 23.5 Å². The average Bonchev–Trinajstić information content (AvgIpc) is 3.19. The third kappa shape index (κ3) is 6.74. The van der Waals surface area contributed by atoms with Gasteiger partial charge in [0, 0.05) is 18.3 Å². The molecule has 0 bridgehead atoms. The van der Waals surface area contributed by atoms with E-state index < -0.39 is 10.0 Å². The van der Waals surface area contributed by atoms with Crippen molar-refractivity contribution in [1.29, 1.82) is 0 Å². The number of aromatic nitrogens is 3. The van der Waals surface area contributed by atoms with Gasteiger partial charge in [-0.15, -0.1) is 0 Å². The summed E-state index contributed by atoms with van der Waals surface area (Å²) in [5, 5.41) is 12.6. The fourth-order valence-corrected chi connectivity index (χ4v) is 5.13. The summed E-state index contributed by atoms with van der Waals surface area (Å²) in [5.41, 5.74) is 4.20. The molecule has 0 unspecified atom stereocenters. The Morgan fingerprint density at radius 3 is 2.43 bits per heavy atom. The van der Waals surface area contributed by atoms with Crippen LogP contribution in [0.15, 0.2) is 53.4 Å². The summed E-state index contributed by atoms with van der Waals surface area (Å²) in [6, 6.07) is 14.9. The predicted molar refractivity (Wildman–Crippen MR) is 143 cm³/mol. The Bertz CT molecular complexity index is 1420. The molecule has 184 valence electrons. The molecular formula is C25H30N6O2S2. The molecule has 0 amide bonds. The zero-order valence-corrected chi connectivity index (χ0v) is 21.7. The molecule has 2 aromatic heterocycles. The smallest absolute Gasteiger partial charge is 0.238 e. The van der Waals surface area contributed by atoms with Crippen LogP contribution in [0.4, 0.5) is 16.9 Å². The Kier molecular flexibility index (Phi) is 7.63. The fraction of sp³-hybridized carbons (Fsp3) is 0.320. The van der Waals surface area contributed by atoms with E-state index in [2.05, 4.69) is 59.6 Å². The van der Waals surface area contributed by atoms with Gasteiger partial charge in [-0.05, 0) is 60.6 Å². The average molecular weight is 511 g/mol. The Morgan fingerprint density at radius 1 is 1.00 bits per heavy atom. The number of nitrogens with two attached hydrogens (primary N) is 1. The molecule has 0 fully saturated rings. The quantitative estimate of drug-likeness (QED) is 0.277. The van der Waals surface area contributed by atoms with E-state index in [1.807, 2.05) is 6.07 Å². The van der Waals surface area contributed by atoms with Crippen molar-refractivity contribution in [2.24, 2.45) is 11.1 Å². The number of primary sulfonamides is 1. The molecule has 0 saturated heterocycles. The molecule has 4 aromatic rings. The number of rotatable bonds is 10. The largest absolute Gasteiger partial charge is 0.354 e. The maximum absolute atomic E-state index is 11.4. The van der Waals surface area contributed by atoms with Crippen LogP contribution >= 0.6 is 11.3 Å². The number of sulfonamides is 1. The van der Waals surface area contributed by atoms with Crippen LogP contribution in [-0.2, 0) is 29.3 Å². The van der Waals surface area contributed by atoms with Gasteiger partial charge in [0.1, 0.15) is 5.82 Å². The second-order valence-corrected chi connectivity index (χ2v) is 11.4. The van der Waals surface area contributed by atoms with Crippen LogP contribution in [0.3, 0.4) is 0 Å². The minimum atomic E-state index is -3.69. The number of anilines is 3. The molecule has 0 aliphatic carbocycles. The molecule has 4 N–H and O–H groups in total. The molecule has 0 spiro atoms. The van der Waals surface area contributed by atoms with E-state index in [1.54, 1.807) is 23.5 Å². The van der Waals surface area contributed by atoms with Crippen molar-refractivity contribution in [2.75, 3.05) is 17.2 Å². The van der Waals surface area contributed by atoms with Crippen LogP contribution < -0.4 is 15.8 Å². The number of nitrogens with one attached hydrogen (secondary N) is 2. The Labute approximate surface area is 210 Å². The number of thiazole rings is 1. The predicted octanol–water partition coefficient (Wildman–Crippen LogP) is 4.89. The summed E-state index contributed by atoms with van der Waals surface area (Å²) < 4.78 is 24.0. The van der Waals surface area contributed by atoms with Gasteiger partial charge in [0.2, 0.25) is 16.0 Å². The van der Waals surface area contributed by atoms with E-state index in [-0.39, 0.29) is 4.90 Å². The van der Waals surface area contributed by atoms with Gasteiger partial charge >= 0.3 is 0 Å². The van der Waals surface area contributed by atoms with Crippen LogP contribution in [-0.4, -0.2) is 29.9 Å².